The molecule has 0 aliphatic rings. The van der Waals surface area contributed by atoms with E-state index in [1.54, 1.807) is 11.3 Å². The van der Waals surface area contributed by atoms with E-state index in [4.69, 9.17) is 0 Å². The summed E-state index contributed by atoms with van der Waals surface area (Å²) < 4.78 is 1.04. The van der Waals surface area contributed by atoms with Crippen LogP contribution in [-0.2, 0) is 17.6 Å². The Balaban J connectivity index is 2.05. The maximum absolute atomic E-state index is 12.0. The number of halogens is 1. The zero-order valence-corrected chi connectivity index (χ0v) is 12.9. The van der Waals surface area contributed by atoms with Crippen molar-refractivity contribution in [2.75, 3.05) is 0 Å². The second-order valence-electron chi connectivity index (χ2n) is 4.58. The predicted octanol–water partition coefficient (Wildman–Crippen LogP) is 4.48. The van der Waals surface area contributed by atoms with Gasteiger partial charge in [0.1, 0.15) is 5.78 Å². The summed E-state index contributed by atoms with van der Waals surface area (Å²) in [6, 6.07) is 8.30. The normalized spacial score (nSPS) is 10.6. The zero-order chi connectivity index (χ0) is 13.1. The van der Waals surface area contributed by atoms with Crippen LogP contribution in [0.5, 0.6) is 0 Å². The third kappa shape index (κ3) is 3.53. The van der Waals surface area contributed by atoms with Crippen molar-refractivity contribution in [2.45, 2.75) is 26.7 Å². The van der Waals surface area contributed by atoms with Crippen LogP contribution < -0.4 is 0 Å². The molecular formula is C15H15BrOS. The number of carbonyl (C=O) groups excluding carboxylic acids is 1. The lowest BCUT2D eigenvalue weighted by Gasteiger charge is -2.04. The standard InChI is InChI=1S/C15H15BrOS/c1-10-5-11(2)7-12(6-10)8-13(17)9-15-14(16)3-4-18-15/h3-7H,8-9H2,1-2H3. The maximum atomic E-state index is 12.0. The molecule has 1 aromatic carbocycles. The highest BCUT2D eigenvalue weighted by Crippen LogP contribution is 2.23. The van der Waals surface area contributed by atoms with E-state index in [-0.39, 0.29) is 5.78 Å². The van der Waals surface area contributed by atoms with Gasteiger partial charge in [-0.2, -0.15) is 0 Å². The lowest BCUT2D eigenvalue weighted by molar-refractivity contribution is -0.117. The van der Waals surface area contributed by atoms with Gasteiger partial charge < -0.3 is 0 Å². The van der Waals surface area contributed by atoms with E-state index in [0.717, 1.165) is 14.9 Å². The summed E-state index contributed by atoms with van der Waals surface area (Å²) in [5.41, 5.74) is 3.55. The van der Waals surface area contributed by atoms with Gasteiger partial charge in [-0.25, -0.2) is 0 Å². The first-order valence-electron chi connectivity index (χ1n) is 5.85. The average molecular weight is 323 g/mol. The molecule has 0 saturated carbocycles. The largest absolute Gasteiger partial charge is 0.299 e. The number of Topliss-reactive ketones (excluding diaryl/α,β-unsaturated/α-hetero) is 1. The van der Waals surface area contributed by atoms with Crippen LogP contribution in [0.1, 0.15) is 21.6 Å². The fourth-order valence-corrected chi connectivity index (χ4v) is 3.61. The van der Waals surface area contributed by atoms with Crippen LogP contribution in [0.25, 0.3) is 0 Å². The Bertz CT molecular complexity index is 551. The molecule has 0 saturated heterocycles. The summed E-state index contributed by atoms with van der Waals surface area (Å²) in [7, 11) is 0. The van der Waals surface area contributed by atoms with Crippen LogP contribution in [0, 0.1) is 13.8 Å². The topological polar surface area (TPSA) is 17.1 Å². The lowest BCUT2D eigenvalue weighted by atomic mass is 10.0. The van der Waals surface area contributed by atoms with Gasteiger partial charge in [0, 0.05) is 22.2 Å². The molecule has 0 bridgehead atoms. The van der Waals surface area contributed by atoms with Crippen molar-refractivity contribution >= 4 is 33.0 Å². The molecule has 1 nitrogen and oxygen atoms in total. The number of aryl methyl sites for hydroxylation is 2. The summed E-state index contributed by atoms with van der Waals surface area (Å²) in [5.74, 6) is 0.267. The summed E-state index contributed by atoms with van der Waals surface area (Å²) in [6.07, 6.45) is 1.04. The second kappa shape index (κ2) is 5.81. The number of ketones is 1. The SMILES string of the molecule is Cc1cc(C)cc(CC(=O)Cc2sccc2Br)c1. The molecule has 0 aliphatic carbocycles. The molecule has 0 fully saturated rings. The van der Waals surface area contributed by atoms with Gasteiger partial charge >= 0.3 is 0 Å². The first kappa shape index (κ1) is 13.5. The molecule has 2 aromatic rings. The van der Waals surface area contributed by atoms with Gasteiger partial charge in [-0.05, 0) is 46.8 Å². The highest BCUT2D eigenvalue weighted by Gasteiger charge is 2.09. The van der Waals surface area contributed by atoms with E-state index in [0.29, 0.717) is 12.8 Å². The van der Waals surface area contributed by atoms with Crippen molar-refractivity contribution in [1.82, 2.24) is 0 Å². The summed E-state index contributed by atoms with van der Waals surface area (Å²) in [5, 5.41) is 2.00. The van der Waals surface area contributed by atoms with Crippen molar-refractivity contribution in [1.29, 1.82) is 0 Å². The molecule has 0 aliphatic heterocycles. The molecular weight excluding hydrogens is 308 g/mol. The van der Waals surface area contributed by atoms with E-state index in [1.807, 2.05) is 11.4 Å². The van der Waals surface area contributed by atoms with Crippen molar-refractivity contribution in [2.24, 2.45) is 0 Å². The number of hydrogen-bond acceptors (Lipinski definition) is 2. The predicted molar refractivity (Wildman–Crippen MR) is 80.4 cm³/mol. The number of carbonyl (C=O) groups is 1. The van der Waals surface area contributed by atoms with Crippen LogP contribution in [0.15, 0.2) is 34.1 Å². The number of benzene rings is 1. The van der Waals surface area contributed by atoms with Crippen LogP contribution >= 0.6 is 27.3 Å². The highest BCUT2D eigenvalue weighted by molar-refractivity contribution is 9.10. The number of hydrogen-bond donors (Lipinski definition) is 0. The lowest BCUT2D eigenvalue weighted by Crippen LogP contribution is -2.06. The van der Waals surface area contributed by atoms with E-state index < -0.39 is 0 Å². The number of thiophene rings is 1. The quantitative estimate of drug-likeness (QED) is 0.811. The fraction of sp³-hybridized carbons (Fsp3) is 0.267. The Hall–Kier alpha value is -0.930. The molecule has 0 amide bonds. The Morgan fingerprint density at radius 2 is 1.83 bits per heavy atom. The van der Waals surface area contributed by atoms with Gasteiger partial charge in [-0.3, -0.25) is 4.79 Å². The molecule has 0 radical (unpaired) electrons. The van der Waals surface area contributed by atoms with E-state index >= 15 is 0 Å². The van der Waals surface area contributed by atoms with Crippen molar-refractivity contribution < 1.29 is 4.79 Å². The smallest absolute Gasteiger partial charge is 0.142 e. The van der Waals surface area contributed by atoms with E-state index in [2.05, 4.69) is 48.0 Å². The Morgan fingerprint density at radius 3 is 2.39 bits per heavy atom. The summed E-state index contributed by atoms with van der Waals surface area (Å²) >= 11 is 5.09. The molecule has 3 heteroatoms. The van der Waals surface area contributed by atoms with Crippen molar-refractivity contribution in [3.8, 4) is 0 Å². The minimum atomic E-state index is 0.267. The third-order valence-corrected chi connectivity index (χ3v) is 4.66. The van der Waals surface area contributed by atoms with Crippen molar-refractivity contribution in [3.05, 3.63) is 55.7 Å². The zero-order valence-electron chi connectivity index (χ0n) is 10.5. The summed E-state index contributed by atoms with van der Waals surface area (Å²) in [4.78, 5) is 13.2. The number of rotatable bonds is 4. The molecule has 1 heterocycles. The van der Waals surface area contributed by atoms with Gasteiger partial charge in [-0.1, -0.05) is 29.3 Å². The Kier molecular flexibility index (Phi) is 4.36. The average Bonchev–Trinajstić information content (AvgIpc) is 2.62. The van der Waals surface area contributed by atoms with Crippen molar-refractivity contribution in [3.63, 3.8) is 0 Å². The van der Waals surface area contributed by atoms with Crippen LogP contribution in [0.4, 0.5) is 0 Å². The van der Waals surface area contributed by atoms with Gasteiger partial charge in [-0.15, -0.1) is 11.3 Å². The van der Waals surface area contributed by atoms with Crippen LogP contribution in [0.2, 0.25) is 0 Å². The second-order valence-corrected chi connectivity index (χ2v) is 6.43. The fourth-order valence-electron chi connectivity index (χ4n) is 2.09. The van der Waals surface area contributed by atoms with Gasteiger partial charge in [0.25, 0.3) is 0 Å². The molecule has 1 aromatic heterocycles. The monoisotopic (exact) mass is 322 g/mol. The maximum Gasteiger partial charge on any atom is 0.142 e. The molecule has 2 rings (SSSR count). The molecule has 0 N–H and O–H groups in total. The molecule has 0 spiro atoms. The minimum Gasteiger partial charge on any atom is -0.299 e. The first-order chi connectivity index (χ1) is 8.54. The van der Waals surface area contributed by atoms with E-state index in [1.165, 1.54) is 11.1 Å². The molecule has 0 atom stereocenters. The van der Waals surface area contributed by atoms with Crippen LogP contribution in [-0.4, -0.2) is 5.78 Å². The first-order valence-corrected chi connectivity index (χ1v) is 7.52. The molecule has 0 unspecified atom stereocenters. The highest BCUT2D eigenvalue weighted by atomic mass is 79.9. The Morgan fingerprint density at radius 1 is 1.17 bits per heavy atom. The van der Waals surface area contributed by atoms with E-state index in [9.17, 15) is 4.79 Å². The third-order valence-electron chi connectivity index (χ3n) is 2.73. The van der Waals surface area contributed by atoms with Gasteiger partial charge in [0.05, 0.1) is 0 Å². The Labute approximate surface area is 120 Å². The summed E-state index contributed by atoms with van der Waals surface area (Å²) in [6.45, 7) is 4.13. The molecule has 94 valence electrons. The van der Waals surface area contributed by atoms with Gasteiger partial charge in [0.15, 0.2) is 0 Å². The van der Waals surface area contributed by atoms with Gasteiger partial charge in [0.2, 0.25) is 0 Å². The minimum absolute atomic E-state index is 0.267. The van der Waals surface area contributed by atoms with Crippen LogP contribution in [0.3, 0.4) is 0 Å². The molecule has 18 heavy (non-hydrogen) atoms.